The molecule has 0 spiro atoms. The van der Waals surface area contributed by atoms with Gasteiger partial charge in [-0.05, 0) is 6.92 Å². The van der Waals surface area contributed by atoms with Gasteiger partial charge in [0.25, 0.3) is 0 Å². The van der Waals surface area contributed by atoms with Crippen LogP contribution in [0.4, 0.5) is 5.82 Å². The molecule has 0 aliphatic heterocycles. The first-order valence-electron chi connectivity index (χ1n) is 2.48. The Kier molecular flexibility index (Phi) is 2.00. The van der Waals surface area contributed by atoms with Crippen LogP contribution < -0.4 is 4.34 Å². The van der Waals surface area contributed by atoms with E-state index in [4.69, 9.17) is 0 Å². The van der Waals surface area contributed by atoms with E-state index in [1.165, 1.54) is 0 Å². The molecule has 1 rings (SSSR count). The number of anilines is 1. The van der Waals surface area contributed by atoms with Crippen molar-refractivity contribution in [1.82, 2.24) is 9.97 Å². The molecule has 0 aliphatic rings. The second-order valence-electron chi connectivity index (χ2n) is 1.64. The molecule has 1 aromatic heterocycles. The van der Waals surface area contributed by atoms with Crippen LogP contribution in [0.5, 0.6) is 0 Å². The summed E-state index contributed by atoms with van der Waals surface area (Å²) in [5.41, 5.74) is 0.918. The molecule has 1 heterocycles. The molecule has 0 saturated carbocycles. The summed E-state index contributed by atoms with van der Waals surface area (Å²) in [4.78, 5) is 7.97. The molecular formula is C5H6BrN3. The summed E-state index contributed by atoms with van der Waals surface area (Å²) in [7, 11) is 0. The smallest absolute Gasteiger partial charge is 0.154 e. The van der Waals surface area contributed by atoms with Gasteiger partial charge < -0.3 is 4.34 Å². The number of hydrogen-bond acceptors (Lipinski definition) is 3. The highest BCUT2D eigenvalue weighted by Crippen LogP contribution is 2.00. The number of hydrogen-bond donors (Lipinski definition) is 1. The summed E-state index contributed by atoms with van der Waals surface area (Å²) in [5, 5.41) is 0. The topological polar surface area (TPSA) is 37.8 Å². The van der Waals surface area contributed by atoms with Crippen molar-refractivity contribution in [3.63, 3.8) is 0 Å². The van der Waals surface area contributed by atoms with E-state index >= 15 is 0 Å². The zero-order valence-electron chi connectivity index (χ0n) is 4.93. The van der Waals surface area contributed by atoms with Crippen molar-refractivity contribution in [2.24, 2.45) is 0 Å². The molecule has 0 aliphatic carbocycles. The van der Waals surface area contributed by atoms with Gasteiger partial charge in [-0.2, -0.15) is 0 Å². The van der Waals surface area contributed by atoms with Crippen molar-refractivity contribution in [3.8, 4) is 0 Å². The van der Waals surface area contributed by atoms with Crippen LogP contribution in [-0.2, 0) is 0 Å². The molecule has 4 heteroatoms. The first-order valence-corrected chi connectivity index (χ1v) is 3.27. The van der Waals surface area contributed by atoms with Crippen molar-refractivity contribution in [2.45, 2.75) is 6.92 Å². The second-order valence-corrected chi connectivity index (χ2v) is 2.03. The third-order valence-electron chi connectivity index (χ3n) is 0.878. The van der Waals surface area contributed by atoms with Crippen LogP contribution in [0.2, 0.25) is 0 Å². The number of rotatable bonds is 1. The van der Waals surface area contributed by atoms with E-state index in [2.05, 4.69) is 30.5 Å². The third-order valence-corrected chi connectivity index (χ3v) is 1.28. The van der Waals surface area contributed by atoms with E-state index in [1.807, 2.05) is 6.92 Å². The van der Waals surface area contributed by atoms with E-state index in [1.54, 1.807) is 12.4 Å². The van der Waals surface area contributed by atoms with Gasteiger partial charge in [0.15, 0.2) is 5.82 Å². The molecule has 3 nitrogen and oxygen atoms in total. The van der Waals surface area contributed by atoms with Crippen LogP contribution in [0.3, 0.4) is 0 Å². The highest BCUT2D eigenvalue weighted by atomic mass is 79.9. The largest absolute Gasteiger partial charge is 0.306 e. The van der Waals surface area contributed by atoms with Gasteiger partial charge in [-0.3, -0.25) is 4.98 Å². The highest BCUT2D eigenvalue weighted by molar-refractivity contribution is 9.10. The van der Waals surface area contributed by atoms with Gasteiger partial charge >= 0.3 is 0 Å². The lowest BCUT2D eigenvalue weighted by Crippen LogP contribution is -1.87. The monoisotopic (exact) mass is 187 g/mol. The quantitative estimate of drug-likeness (QED) is 0.678. The van der Waals surface area contributed by atoms with Crippen LogP contribution in [0, 0.1) is 6.92 Å². The van der Waals surface area contributed by atoms with Crippen molar-refractivity contribution < 1.29 is 0 Å². The van der Waals surface area contributed by atoms with E-state index in [0.29, 0.717) is 0 Å². The fraction of sp³-hybridized carbons (Fsp3) is 0.200. The Bertz CT molecular complexity index is 184. The van der Waals surface area contributed by atoms with Gasteiger partial charge in [0.05, 0.1) is 18.1 Å². The lowest BCUT2D eigenvalue weighted by atomic mass is 10.5. The predicted octanol–water partition coefficient (Wildman–Crippen LogP) is 1.51. The van der Waals surface area contributed by atoms with Crippen molar-refractivity contribution in [1.29, 1.82) is 0 Å². The fourth-order valence-electron chi connectivity index (χ4n) is 0.441. The van der Waals surface area contributed by atoms with Crippen molar-refractivity contribution >= 4 is 22.0 Å². The van der Waals surface area contributed by atoms with Gasteiger partial charge in [0, 0.05) is 16.1 Å². The Morgan fingerprint density at radius 1 is 1.44 bits per heavy atom. The first-order chi connectivity index (χ1) is 4.33. The first kappa shape index (κ1) is 6.48. The summed E-state index contributed by atoms with van der Waals surface area (Å²) >= 11 is 3.03. The van der Waals surface area contributed by atoms with Crippen LogP contribution in [-0.4, -0.2) is 9.97 Å². The Balaban J connectivity index is 2.88. The lowest BCUT2D eigenvalue weighted by Gasteiger charge is -1.93. The number of aryl methyl sites for hydroxylation is 1. The molecular weight excluding hydrogens is 182 g/mol. The van der Waals surface area contributed by atoms with Gasteiger partial charge in [0.2, 0.25) is 0 Å². The van der Waals surface area contributed by atoms with E-state index in [9.17, 15) is 0 Å². The normalized spacial score (nSPS) is 9.11. The molecule has 0 atom stereocenters. The van der Waals surface area contributed by atoms with Crippen LogP contribution in [0.1, 0.15) is 5.69 Å². The molecule has 1 aromatic rings. The molecule has 9 heavy (non-hydrogen) atoms. The van der Waals surface area contributed by atoms with Crippen LogP contribution in [0.25, 0.3) is 0 Å². The van der Waals surface area contributed by atoms with Gasteiger partial charge in [-0.1, -0.05) is 0 Å². The maximum atomic E-state index is 3.99. The standard InChI is InChI=1S/C5H6BrN3/c1-4-2-8-5(9-6)3-7-4/h2-3H,1H3,(H,8,9). The number of halogens is 1. The minimum Gasteiger partial charge on any atom is -0.306 e. The van der Waals surface area contributed by atoms with Gasteiger partial charge in [-0.15, -0.1) is 0 Å². The Morgan fingerprint density at radius 2 is 2.22 bits per heavy atom. The molecule has 0 fully saturated rings. The zero-order valence-corrected chi connectivity index (χ0v) is 6.51. The third kappa shape index (κ3) is 1.64. The molecule has 0 saturated heterocycles. The number of nitrogens with one attached hydrogen (secondary N) is 1. The summed E-state index contributed by atoms with van der Waals surface area (Å²) < 4.78 is 2.69. The lowest BCUT2D eigenvalue weighted by molar-refractivity contribution is 1.13. The molecule has 1 N–H and O–H groups in total. The Hall–Kier alpha value is -0.640. The summed E-state index contributed by atoms with van der Waals surface area (Å²) in [6.07, 6.45) is 3.35. The molecule has 48 valence electrons. The summed E-state index contributed by atoms with van der Waals surface area (Å²) in [6, 6.07) is 0. The second kappa shape index (κ2) is 2.77. The average molecular weight is 188 g/mol. The maximum absolute atomic E-state index is 3.99. The molecule has 0 unspecified atom stereocenters. The van der Waals surface area contributed by atoms with Crippen molar-refractivity contribution in [2.75, 3.05) is 4.34 Å². The fourth-order valence-corrected chi connectivity index (χ4v) is 0.646. The van der Waals surface area contributed by atoms with Crippen LogP contribution in [0.15, 0.2) is 12.4 Å². The van der Waals surface area contributed by atoms with Gasteiger partial charge in [0.1, 0.15) is 0 Å². The number of nitrogens with zero attached hydrogens (tertiary/aromatic N) is 2. The molecule has 0 aromatic carbocycles. The summed E-state index contributed by atoms with van der Waals surface area (Å²) in [6.45, 7) is 1.89. The minimum absolute atomic E-state index is 0.723. The average Bonchev–Trinajstić information content (AvgIpc) is 1.90. The summed E-state index contributed by atoms with van der Waals surface area (Å²) in [5.74, 6) is 0.723. The van der Waals surface area contributed by atoms with Crippen LogP contribution >= 0.6 is 16.1 Å². The SMILES string of the molecule is Cc1cnc(NBr)cn1. The van der Waals surface area contributed by atoms with Gasteiger partial charge in [-0.25, -0.2) is 4.98 Å². The van der Waals surface area contributed by atoms with Crippen molar-refractivity contribution in [3.05, 3.63) is 18.1 Å². The number of aromatic nitrogens is 2. The predicted molar refractivity (Wildman–Crippen MR) is 39.3 cm³/mol. The maximum Gasteiger partial charge on any atom is 0.154 e. The molecule has 0 radical (unpaired) electrons. The molecule has 0 amide bonds. The Morgan fingerprint density at radius 3 is 2.67 bits per heavy atom. The van der Waals surface area contributed by atoms with E-state index in [-0.39, 0.29) is 0 Å². The minimum atomic E-state index is 0.723. The Labute approximate surface area is 61.9 Å². The van der Waals surface area contributed by atoms with E-state index < -0.39 is 0 Å². The highest BCUT2D eigenvalue weighted by Gasteiger charge is 1.87. The van der Waals surface area contributed by atoms with E-state index in [0.717, 1.165) is 11.5 Å². The zero-order chi connectivity index (χ0) is 6.69. The molecule has 0 bridgehead atoms.